The summed E-state index contributed by atoms with van der Waals surface area (Å²) >= 11 is 2.79. The second-order valence-electron chi connectivity index (χ2n) is 2.05. The first-order chi connectivity index (χ1) is 5.41. The lowest BCUT2D eigenvalue weighted by atomic mass is 10.3. The summed E-state index contributed by atoms with van der Waals surface area (Å²) in [4.78, 5) is -0.337. The quantitative estimate of drug-likeness (QED) is 0.779. The Labute approximate surface area is 77.1 Å². The molecule has 0 spiro atoms. The Bertz CT molecular complexity index is 401. The molecule has 0 unspecified atom stereocenters. The first kappa shape index (κ1) is 9.63. The summed E-state index contributed by atoms with van der Waals surface area (Å²) in [6.45, 7) is 0. The van der Waals surface area contributed by atoms with E-state index in [1.165, 1.54) is 0 Å². The van der Waals surface area contributed by atoms with Crippen LogP contribution in [-0.2, 0) is 10.1 Å². The van der Waals surface area contributed by atoms with Crippen molar-refractivity contribution in [3.63, 3.8) is 0 Å². The Hall–Kier alpha value is -0.460. The van der Waals surface area contributed by atoms with E-state index in [2.05, 4.69) is 15.9 Å². The van der Waals surface area contributed by atoms with Gasteiger partial charge in [0.05, 0.1) is 9.37 Å². The molecule has 0 amide bonds. The molecule has 0 saturated heterocycles. The van der Waals surface area contributed by atoms with Gasteiger partial charge in [0, 0.05) is 0 Å². The summed E-state index contributed by atoms with van der Waals surface area (Å²) < 4.78 is 42.1. The smallest absolute Gasteiger partial charge is 0.282 e. The minimum absolute atomic E-state index is 0.00220. The summed E-state index contributed by atoms with van der Waals surface area (Å²) in [6.07, 6.45) is 0. The molecule has 0 aliphatic rings. The van der Waals surface area contributed by atoms with Crippen molar-refractivity contribution in [2.75, 3.05) is 0 Å². The van der Waals surface area contributed by atoms with Crippen LogP contribution in [0.1, 0.15) is 0 Å². The molecule has 0 aromatic heterocycles. The number of hydrogen-bond acceptors (Lipinski definition) is 2. The number of benzene rings is 1. The minimum atomic E-state index is -4.24. The van der Waals surface area contributed by atoms with E-state index in [9.17, 15) is 12.8 Å². The average molecular weight is 255 g/mol. The van der Waals surface area contributed by atoms with E-state index < -0.39 is 15.9 Å². The Morgan fingerprint density at radius 1 is 1.42 bits per heavy atom. The van der Waals surface area contributed by atoms with Gasteiger partial charge in [-0.3, -0.25) is 4.55 Å². The molecule has 12 heavy (non-hydrogen) atoms. The summed E-state index contributed by atoms with van der Waals surface area (Å²) in [5, 5.41) is 0. The SMILES string of the molecule is O=S(=O)(O)c1ccc(F)c(Br)c1. The lowest BCUT2D eigenvalue weighted by Crippen LogP contribution is -1.97. The molecule has 6 heteroatoms. The van der Waals surface area contributed by atoms with Crippen molar-refractivity contribution < 1.29 is 17.4 Å². The minimum Gasteiger partial charge on any atom is -0.282 e. The van der Waals surface area contributed by atoms with Crippen LogP contribution < -0.4 is 0 Å². The van der Waals surface area contributed by atoms with E-state index in [4.69, 9.17) is 4.55 Å². The van der Waals surface area contributed by atoms with Gasteiger partial charge < -0.3 is 0 Å². The van der Waals surface area contributed by atoms with E-state index >= 15 is 0 Å². The molecule has 0 bridgehead atoms. The van der Waals surface area contributed by atoms with Crippen LogP contribution in [0.4, 0.5) is 4.39 Å². The summed E-state index contributed by atoms with van der Waals surface area (Å²) in [5.41, 5.74) is 0. The molecular formula is C6H4BrFO3S. The molecule has 66 valence electrons. The molecule has 3 nitrogen and oxygen atoms in total. The Morgan fingerprint density at radius 2 is 2.00 bits per heavy atom. The second-order valence-corrected chi connectivity index (χ2v) is 4.33. The highest BCUT2D eigenvalue weighted by molar-refractivity contribution is 9.10. The third-order valence-electron chi connectivity index (χ3n) is 1.19. The van der Waals surface area contributed by atoms with Crippen LogP contribution in [0.3, 0.4) is 0 Å². The van der Waals surface area contributed by atoms with Crippen LogP contribution in [0.2, 0.25) is 0 Å². The number of halogens is 2. The van der Waals surface area contributed by atoms with Gasteiger partial charge in [0.15, 0.2) is 0 Å². The molecule has 0 saturated carbocycles. The van der Waals surface area contributed by atoms with Gasteiger partial charge in [0.2, 0.25) is 0 Å². The van der Waals surface area contributed by atoms with Crippen molar-refractivity contribution in [2.45, 2.75) is 4.90 Å². The summed E-state index contributed by atoms with van der Waals surface area (Å²) in [5.74, 6) is -0.581. The second kappa shape index (κ2) is 3.12. The largest absolute Gasteiger partial charge is 0.294 e. The topological polar surface area (TPSA) is 54.4 Å². The van der Waals surface area contributed by atoms with Crippen molar-refractivity contribution in [1.82, 2.24) is 0 Å². The van der Waals surface area contributed by atoms with Crippen molar-refractivity contribution in [1.29, 1.82) is 0 Å². The molecule has 0 aliphatic carbocycles. The fraction of sp³-hybridized carbons (Fsp3) is 0. The Kier molecular flexibility index (Phi) is 2.50. The van der Waals surface area contributed by atoms with Gasteiger partial charge in [-0.1, -0.05) is 0 Å². The van der Waals surface area contributed by atoms with Gasteiger partial charge in [0.25, 0.3) is 10.1 Å². The van der Waals surface area contributed by atoms with E-state index in [1.54, 1.807) is 0 Å². The molecule has 1 rings (SSSR count). The van der Waals surface area contributed by atoms with Crippen LogP contribution in [0.25, 0.3) is 0 Å². The molecule has 0 fully saturated rings. The van der Waals surface area contributed by atoms with Gasteiger partial charge >= 0.3 is 0 Å². The van der Waals surface area contributed by atoms with E-state index in [0.29, 0.717) is 0 Å². The highest BCUT2D eigenvalue weighted by Gasteiger charge is 2.10. The lowest BCUT2D eigenvalue weighted by molar-refractivity contribution is 0.483. The molecule has 0 radical (unpaired) electrons. The molecule has 1 aromatic rings. The summed E-state index contributed by atoms with van der Waals surface area (Å²) in [6, 6.07) is 2.92. The van der Waals surface area contributed by atoms with E-state index in [1.807, 2.05) is 0 Å². The molecular weight excluding hydrogens is 251 g/mol. The normalized spacial score (nSPS) is 11.6. The van der Waals surface area contributed by atoms with Crippen molar-refractivity contribution in [3.05, 3.63) is 28.5 Å². The zero-order valence-electron chi connectivity index (χ0n) is 5.66. The van der Waals surface area contributed by atoms with E-state index in [0.717, 1.165) is 18.2 Å². The third kappa shape index (κ3) is 2.02. The fourth-order valence-corrected chi connectivity index (χ4v) is 1.67. The lowest BCUT2D eigenvalue weighted by Gasteiger charge is -1.97. The van der Waals surface area contributed by atoms with E-state index in [-0.39, 0.29) is 9.37 Å². The van der Waals surface area contributed by atoms with Crippen LogP contribution in [0, 0.1) is 5.82 Å². The highest BCUT2D eigenvalue weighted by atomic mass is 79.9. The van der Waals surface area contributed by atoms with Gasteiger partial charge in [-0.05, 0) is 34.1 Å². The van der Waals surface area contributed by atoms with Crippen molar-refractivity contribution in [2.24, 2.45) is 0 Å². The predicted molar refractivity (Wildman–Crippen MR) is 43.9 cm³/mol. The average Bonchev–Trinajstić information content (AvgIpc) is 1.92. The number of rotatable bonds is 1. The molecule has 1 N–H and O–H groups in total. The first-order valence-electron chi connectivity index (χ1n) is 2.84. The molecule has 0 aliphatic heterocycles. The van der Waals surface area contributed by atoms with Crippen LogP contribution >= 0.6 is 15.9 Å². The Morgan fingerprint density at radius 3 is 2.42 bits per heavy atom. The zero-order valence-corrected chi connectivity index (χ0v) is 8.06. The molecule has 0 atom stereocenters. The first-order valence-corrected chi connectivity index (χ1v) is 5.07. The monoisotopic (exact) mass is 254 g/mol. The van der Waals surface area contributed by atoms with Gasteiger partial charge in [-0.2, -0.15) is 8.42 Å². The fourth-order valence-electron chi connectivity index (χ4n) is 0.637. The summed E-state index contributed by atoms with van der Waals surface area (Å²) in [7, 11) is -4.24. The van der Waals surface area contributed by atoms with Crippen molar-refractivity contribution >= 4 is 26.0 Å². The maximum Gasteiger partial charge on any atom is 0.294 e. The Balaban J connectivity index is 3.33. The molecule has 1 aromatic carbocycles. The maximum absolute atomic E-state index is 12.6. The van der Waals surface area contributed by atoms with Gasteiger partial charge in [-0.25, -0.2) is 4.39 Å². The highest BCUT2D eigenvalue weighted by Crippen LogP contribution is 2.19. The zero-order chi connectivity index (χ0) is 9.35. The number of hydrogen-bond donors (Lipinski definition) is 1. The maximum atomic E-state index is 12.6. The van der Waals surface area contributed by atoms with Crippen molar-refractivity contribution in [3.8, 4) is 0 Å². The third-order valence-corrected chi connectivity index (χ3v) is 2.65. The van der Waals surface area contributed by atoms with Gasteiger partial charge in [0.1, 0.15) is 5.82 Å². The van der Waals surface area contributed by atoms with Gasteiger partial charge in [-0.15, -0.1) is 0 Å². The van der Waals surface area contributed by atoms with Crippen LogP contribution in [-0.4, -0.2) is 13.0 Å². The van der Waals surface area contributed by atoms with Crippen LogP contribution in [0.15, 0.2) is 27.6 Å². The standard InChI is InChI=1S/C6H4BrFO3S/c7-5-3-4(12(9,10)11)1-2-6(5)8/h1-3H,(H,9,10,11). The molecule has 0 heterocycles. The predicted octanol–water partition coefficient (Wildman–Crippen LogP) is 1.83. The van der Waals surface area contributed by atoms with Crippen LogP contribution in [0.5, 0.6) is 0 Å².